The Bertz CT molecular complexity index is 6000. The molecule has 10 aromatic rings. The molecule has 15 rings (SSSR count). The van der Waals surface area contributed by atoms with E-state index in [0.29, 0.717) is 180 Å². The highest BCUT2D eigenvalue weighted by Crippen LogP contribution is 2.39. The maximum absolute atomic E-state index is 14.6. The average Bonchev–Trinajstić information content (AvgIpc) is 1.29. The minimum Gasteiger partial charge on any atom is -0.489 e. The number of benzene rings is 2. The molecule has 41 nitrogen and oxygen atoms in total. The number of aryl methyl sites for hydroxylation is 8. The number of urea groups is 1. The van der Waals surface area contributed by atoms with E-state index in [4.69, 9.17) is 33.4 Å². The van der Waals surface area contributed by atoms with Gasteiger partial charge in [-0.1, -0.05) is 115 Å². The van der Waals surface area contributed by atoms with Gasteiger partial charge >= 0.3 is 42.1 Å². The van der Waals surface area contributed by atoms with Gasteiger partial charge in [-0.05, 0) is 202 Å². The van der Waals surface area contributed by atoms with E-state index in [-0.39, 0.29) is 94.3 Å². The Morgan fingerprint density at radius 3 is 1.29 bits per heavy atom. The van der Waals surface area contributed by atoms with Crippen LogP contribution in [0.5, 0.6) is 23.0 Å². The number of pyridine rings is 4. The van der Waals surface area contributed by atoms with Crippen LogP contribution in [-0.2, 0) is 113 Å². The van der Waals surface area contributed by atoms with Gasteiger partial charge in [0.2, 0.25) is 5.67 Å². The first-order chi connectivity index (χ1) is 67.1. The van der Waals surface area contributed by atoms with E-state index in [0.717, 1.165) is 80.3 Å². The Labute approximate surface area is 812 Å². The van der Waals surface area contributed by atoms with Crippen LogP contribution in [0.15, 0.2) is 109 Å². The molecule has 5 saturated carbocycles. The highest BCUT2D eigenvalue weighted by Gasteiger charge is 2.45. The third kappa shape index (κ3) is 29.4. The van der Waals surface area contributed by atoms with Crippen LogP contribution >= 0.6 is 0 Å². The lowest BCUT2D eigenvalue weighted by Crippen LogP contribution is -2.42. The van der Waals surface area contributed by atoms with Crippen molar-refractivity contribution in [2.24, 2.45) is 51.9 Å². The van der Waals surface area contributed by atoms with Gasteiger partial charge in [-0.3, -0.25) is 19.1 Å². The Morgan fingerprint density at radius 2 is 0.871 bits per heavy atom. The van der Waals surface area contributed by atoms with Crippen molar-refractivity contribution in [2.75, 3.05) is 27.2 Å². The number of carboxylic acid groups (broad SMARTS) is 4. The fourth-order valence-electron chi connectivity index (χ4n) is 17.0. The van der Waals surface area contributed by atoms with Gasteiger partial charge in [0.15, 0.2) is 0 Å². The minimum atomic E-state index is -3.76. The molecule has 0 aliphatic heterocycles. The number of hydrogen-bond donors (Lipinski definition) is 8. The lowest BCUT2D eigenvalue weighted by Gasteiger charge is -2.32. The van der Waals surface area contributed by atoms with Crippen molar-refractivity contribution in [3.63, 3.8) is 0 Å². The lowest BCUT2D eigenvalue weighted by atomic mass is 9.84. The molecule has 0 radical (unpaired) electrons. The number of aromatic nitrogens is 16. The number of alkyl halides is 1. The number of halogens is 1. The number of carbonyl (C=O) groups excluding carboxylic acids is 3. The number of nitrogens with zero attached hydrogens (tertiary/aromatic N) is 18. The predicted octanol–water partition coefficient (Wildman–Crippen LogP) is 13.0. The number of alkyl carbamates (subject to hydrolysis) is 2. The summed E-state index contributed by atoms with van der Waals surface area (Å²) in [5.74, 6) is -1.77. The van der Waals surface area contributed by atoms with E-state index in [1.54, 1.807) is 91.4 Å². The number of amides is 4. The minimum absolute atomic E-state index is 0.0123. The van der Waals surface area contributed by atoms with Gasteiger partial charge < -0.3 is 69.7 Å². The number of ether oxygens (including phenoxy) is 6. The maximum atomic E-state index is 14.6. The molecule has 4 amide bonds. The summed E-state index contributed by atoms with van der Waals surface area (Å²) >= 11 is 0. The second-order valence-corrected chi connectivity index (χ2v) is 37.8. The van der Waals surface area contributed by atoms with Gasteiger partial charge in [0, 0.05) is 61.8 Å². The van der Waals surface area contributed by atoms with Crippen molar-refractivity contribution in [3.05, 3.63) is 166 Å². The summed E-state index contributed by atoms with van der Waals surface area (Å²) in [6.07, 6.45) is 13.3. The molecule has 5 aliphatic rings. The summed E-state index contributed by atoms with van der Waals surface area (Å²) in [4.78, 5) is 102. The summed E-state index contributed by atoms with van der Waals surface area (Å²) < 4.78 is 85.2. The standard InChI is InChI=1S/C25H28FN5O5.C25H32N6O5S.C24H36N6O4.C23H31N5O5/c1-16-21(36-18-9-6-12-25(26,13-18)23(32)33)11-10-19(28-16)22-20(31(2)30-29-22)14-27-24(34)35-15-17-7-4-3-5-8-17;1-17-23(36-20-11-7-10-19(14-20)25(32)33)13-12-21(27-17)24-22(31(3)29-28-24)15-26-37(34,35)30(2)16-18-8-5-4-6-9-18;1-5-7-13-29(3)24(33)25-15-20-22(27-28-30(20)4)19-11-12-21(18(6-2)26-19)34-17-10-8-9-16(14-17)23(31)32;1-14-20(33-17-5-3-4-16(12-17)22(29)30)9-8-18(25-14)21-19(28(2)27-26-21)13-24-23(31)32-11-10-15-6-7-15/h3-5,7-8,10-11,18H,6,9,12-15H2,1-2H3,(H,27,34)(H,32,33);4-6,8-9,12-13,19-20,26H,7,10-11,14-16H2,1-3H3,(H,32,33);11-12,16-17H,5-10,13-15H2,1-4H3,(H,25,33)(H,31,32);8-9,15-17H,3-7,10-13H2,1-2H3,(H,24,31)(H,29,30)/t18-,25+;19-,20-;2*16-,17-/m0000/s1. The zero-order chi connectivity index (χ0) is 100. The van der Waals surface area contributed by atoms with Gasteiger partial charge in [-0.2, -0.15) is 17.4 Å². The third-order valence-corrected chi connectivity index (χ3v) is 26.9. The van der Waals surface area contributed by atoms with E-state index < -0.39 is 58.0 Å². The Morgan fingerprint density at radius 1 is 0.479 bits per heavy atom. The zero-order valence-electron chi connectivity index (χ0n) is 81.0. The largest absolute Gasteiger partial charge is 0.489 e. The molecule has 140 heavy (non-hydrogen) atoms. The number of aliphatic carboxylic acids is 4. The van der Waals surface area contributed by atoms with E-state index in [1.165, 1.54) is 28.9 Å². The second kappa shape index (κ2) is 49.7. The molecular formula is C97H127FN22O19S. The van der Waals surface area contributed by atoms with Crippen molar-refractivity contribution >= 4 is 52.3 Å². The molecule has 8 atom stereocenters. The quantitative estimate of drug-likeness (QED) is 0.0179. The first-order valence-corrected chi connectivity index (χ1v) is 48.9. The second-order valence-electron chi connectivity index (χ2n) is 35.9. The number of rotatable bonds is 37. The van der Waals surface area contributed by atoms with Crippen molar-refractivity contribution in [1.82, 2.24) is 110 Å². The van der Waals surface area contributed by atoms with Gasteiger partial charge in [0.25, 0.3) is 10.2 Å². The fourth-order valence-corrected chi connectivity index (χ4v) is 17.8. The third-order valence-electron chi connectivity index (χ3n) is 25.4. The first kappa shape index (κ1) is 105. The summed E-state index contributed by atoms with van der Waals surface area (Å²) in [6, 6.07) is 32.9. The Kier molecular flexibility index (Phi) is 37.4. The number of nitrogens with one attached hydrogen (secondary N) is 4. The summed E-state index contributed by atoms with van der Waals surface area (Å²) in [5.41, 5.74) is 9.31. The van der Waals surface area contributed by atoms with Crippen LogP contribution in [0.2, 0.25) is 0 Å². The molecule has 8 N–H and O–H groups in total. The van der Waals surface area contributed by atoms with E-state index in [9.17, 15) is 66.8 Å². The highest BCUT2D eigenvalue weighted by atomic mass is 32.2. The molecule has 0 spiro atoms. The Hall–Kier alpha value is -13.7. The normalized spacial score (nSPS) is 18.9. The SMILES string of the molecule is CCCCN(C)C(=O)NCc1c(-c2ccc(O[C@H]3CCC[C@H](C(=O)O)C3)c(CC)n2)nnn1C.Cc1nc(-c2nnn(C)c2CNC(=O)OCCC2CC2)ccc1O[C@H]1CCC[C@H](C(=O)O)C1.Cc1nc(-c2nnn(C)c2CNC(=O)OCc2ccccc2)ccc1O[C@H]1CCC[C@](F)(C(=O)O)C1.Cc1nc(-c2nnn(C)c2CNS(=O)(=O)N(C)Cc2ccccc2)ccc1O[C@H]1CCC[C@H](C(=O)O)C1. The molecule has 5 aliphatic carbocycles. The number of carboxylic acids is 4. The van der Waals surface area contributed by atoms with Crippen molar-refractivity contribution in [3.8, 4) is 68.5 Å². The molecule has 0 saturated heterocycles. The molecule has 752 valence electrons. The van der Waals surface area contributed by atoms with Crippen LogP contribution in [-0.4, -0.2) is 217 Å². The van der Waals surface area contributed by atoms with E-state index in [2.05, 4.69) is 83.8 Å². The first-order valence-electron chi connectivity index (χ1n) is 47.5. The summed E-state index contributed by atoms with van der Waals surface area (Å²) in [6.45, 7) is 11.7. The van der Waals surface area contributed by atoms with Crippen LogP contribution < -0.4 is 39.6 Å². The fraction of sp³-hybridized carbons (Fsp3) is 0.515. The topological polar surface area (TPSA) is 519 Å². The van der Waals surface area contributed by atoms with Crippen LogP contribution in [0.3, 0.4) is 0 Å². The van der Waals surface area contributed by atoms with Crippen molar-refractivity contribution in [1.29, 1.82) is 0 Å². The van der Waals surface area contributed by atoms with E-state index in [1.807, 2.05) is 99.6 Å². The van der Waals surface area contributed by atoms with Gasteiger partial charge in [-0.25, -0.2) is 57.5 Å². The molecule has 2 aromatic carbocycles. The van der Waals surface area contributed by atoms with Gasteiger partial charge in [-0.15, -0.1) is 20.4 Å². The number of unbranched alkanes of at least 4 members (excludes halogenated alkanes) is 1. The highest BCUT2D eigenvalue weighted by molar-refractivity contribution is 7.87. The van der Waals surface area contributed by atoms with Crippen LogP contribution in [0, 0.1) is 44.4 Å². The lowest BCUT2D eigenvalue weighted by molar-refractivity contribution is -0.155. The molecule has 5 fully saturated rings. The zero-order valence-corrected chi connectivity index (χ0v) is 81.8. The smallest absolute Gasteiger partial charge is 0.407 e. The molecule has 43 heteroatoms. The molecule has 0 unspecified atom stereocenters. The van der Waals surface area contributed by atoms with Crippen LogP contribution in [0.4, 0.5) is 18.8 Å². The Balaban J connectivity index is 0.000000167. The maximum Gasteiger partial charge on any atom is 0.407 e. The van der Waals surface area contributed by atoms with Crippen molar-refractivity contribution in [2.45, 2.75) is 245 Å². The molecule has 8 aromatic heterocycles. The predicted molar refractivity (Wildman–Crippen MR) is 509 cm³/mol. The monoisotopic (exact) mass is 1950 g/mol. The summed E-state index contributed by atoms with van der Waals surface area (Å²) in [5, 5.41) is 78.8. The van der Waals surface area contributed by atoms with Crippen LogP contribution in [0.25, 0.3) is 45.6 Å². The summed E-state index contributed by atoms with van der Waals surface area (Å²) in [7, 11) is 6.50. The van der Waals surface area contributed by atoms with E-state index >= 15 is 0 Å². The van der Waals surface area contributed by atoms with Crippen molar-refractivity contribution < 1.29 is 95.2 Å². The molecular weight excluding hydrogens is 1830 g/mol. The van der Waals surface area contributed by atoms with Crippen LogP contribution in [0.1, 0.15) is 205 Å². The van der Waals surface area contributed by atoms with Gasteiger partial charge in [0.1, 0.15) is 58.5 Å². The number of carbonyl (C=O) groups is 7. The average molecular weight is 1960 g/mol. The molecule has 0 bridgehead atoms. The van der Waals surface area contributed by atoms with Gasteiger partial charge in [0.05, 0.1) is 137 Å². The number of hydrogen-bond acceptors (Lipinski definition) is 27. The molecule has 8 heterocycles.